The van der Waals surface area contributed by atoms with Gasteiger partial charge in [0.15, 0.2) is 5.82 Å². The Morgan fingerprint density at radius 2 is 2.17 bits per heavy atom. The van der Waals surface area contributed by atoms with Gasteiger partial charge in [-0.3, -0.25) is 0 Å². The highest BCUT2D eigenvalue weighted by Gasteiger charge is 2.08. The molecule has 0 fully saturated rings. The molecule has 2 rings (SSSR count). The fourth-order valence-corrected chi connectivity index (χ4v) is 1.78. The van der Waals surface area contributed by atoms with E-state index in [0.717, 1.165) is 37.3 Å². The molecule has 0 radical (unpaired) electrons. The minimum Gasteiger partial charge on any atom is -0.245 e. The van der Waals surface area contributed by atoms with Crippen LogP contribution in [0.2, 0.25) is 0 Å². The van der Waals surface area contributed by atoms with Crippen molar-refractivity contribution in [3.05, 3.63) is 17.7 Å². The van der Waals surface area contributed by atoms with Crippen LogP contribution in [-0.4, -0.2) is 41.1 Å². The average molecular weight is 270 g/mol. The number of tetrazole rings is 1. The van der Waals surface area contributed by atoms with Gasteiger partial charge in [0, 0.05) is 25.0 Å². The summed E-state index contributed by atoms with van der Waals surface area (Å²) in [7, 11) is 0. The van der Waals surface area contributed by atoms with E-state index in [9.17, 15) is 0 Å². The maximum Gasteiger partial charge on any atom is 0.172 e. The zero-order valence-electron chi connectivity index (χ0n) is 10.3. The lowest BCUT2D eigenvalue weighted by molar-refractivity contribution is 0.511. The van der Waals surface area contributed by atoms with Crippen LogP contribution >= 0.6 is 11.6 Å². The Morgan fingerprint density at radius 1 is 1.28 bits per heavy atom. The van der Waals surface area contributed by atoms with Crippen molar-refractivity contribution in [3.63, 3.8) is 0 Å². The lowest BCUT2D eigenvalue weighted by Crippen LogP contribution is -2.10. The molecule has 98 valence electrons. The smallest absolute Gasteiger partial charge is 0.172 e. The van der Waals surface area contributed by atoms with Crippen molar-refractivity contribution in [2.45, 2.75) is 39.3 Å². The third-order valence-electron chi connectivity index (χ3n) is 2.57. The first-order valence-electron chi connectivity index (χ1n) is 6.03. The van der Waals surface area contributed by atoms with Gasteiger partial charge in [-0.25, -0.2) is 9.36 Å². The van der Waals surface area contributed by atoms with Gasteiger partial charge in [0.25, 0.3) is 0 Å². The van der Waals surface area contributed by atoms with Gasteiger partial charge in [0.1, 0.15) is 6.54 Å². The Morgan fingerprint density at radius 3 is 2.94 bits per heavy atom. The SMILES string of the molecule is CCCCn1nnnc1Cn1cc(CCCl)nn1. The van der Waals surface area contributed by atoms with Gasteiger partial charge < -0.3 is 0 Å². The van der Waals surface area contributed by atoms with E-state index in [1.807, 2.05) is 10.9 Å². The monoisotopic (exact) mass is 269 g/mol. The predicted octanol–water partition coefficient (Wildman–Crippen LogP) is 0.894. The summed E-state index contributed by atoms with van der Waals surface area (Å²) in [5.74, 6) is 1.35. The van der Waals surface area contributed by atoms with Crippen LogP contribution in [-0.2, 0) is 19.5 Å². The van der Waals surface area contributed by atoms with Crippen LogP contribution in [0.1, 0.15) is 31.3 Å². The fourth-order valence-electron chi connectivity index (χ4n) is 1.59. The number of hydrogen-bond donors (Lipinski definition) is 0. The van der Waals surface area contributed by atoms with E-state index in [1.54, 1.807) is 4.68 Å². The molecule has 0 aromatic carbocycles. The average Bonchev–Trinajstić information content (AvgIpc) is 2.98. The predicted molar refractivity (Wildman–Crippen MR) is 66.3 cm³/mol. The van der Waals surface area contributed by atoms with Crippen LogP contribution in [0.5, 0.6) is 0 Å². The normalized spacial score (nSPS) is 11.0. The molecule has 2 aromatic rings. The second-order valence-electron chi connectivity index (χ2n) is 4.02. The van der Waals surface area contributed by atoms with Gasteiger partial charge in [0.2, 0.25) is 0 Å². The molecule has 0 saturated carbocycles. The Bertz CT molecular complexity index is 478. The molecule has 18 heavy (non-hydrogen) atoms. The maximum atomic E-state index is 5.66. The number of unbranched alkanes of at least 4 members (excludes halogenated alkanes) is 1. The number of hydrogen-bond acceptors (Lipinski definition) is 5. The number of halogens is 1. The van der Waals surface area contributed by atoms with Gasteiger partial charge >= 0.3 is 0 Å². The van der Waals surface area contributed by atoms with E-state index in [-0.39, 0.29) is 0 Å². The lowest BCUT2D eigenvalue weighted by atomic mass is 10.3. The van der Waals surface area contributed by atoms with Gasteiger partial charge in [-0.1, -0.05) is 18.6 Å². The van der Waals surface area contributed by atoms with Crippen LogP contribution in [0.25, 0.3) is 0 Å². The van der Waals surface area contributed by atoms with Crippen molar-refractivity contribution in [1.29, 1.82) is 0 Å². The van der Waals surface area contributed by atoms with Crippen molar-refractivity contribution < 1.29 is 0 Å². The number of nitrogens with zero attached hydrogens (tertiary/aromatic N) is 7. The number of rotatable bonds is 7. The van der Waals surface area contributed by atoms with Crippen molar-refractivity contribution in [2.75, 3.05) is 5.88 Å². The lowest BCUT2D eigenvalue weighted by Gasteiger charge is -2.02. The second kappa shape index (κ2) is 6.44. The van der Waals surface area contributed by atoms with Crippen LogP contribution in [0.4, 0.5) is 0 Å². The Kier molecular flexibility index (Phi) is 4.63. The summed E-state index contributed by atoms with van der Waals surface area (Å²) in [6, 6.07) is 0. The summed E-state index contributed by atoms with van der Waals surface area (Å²) in [6.45, 7) is 3.51. The molecule has 0 saturated heterocycles. The number of aryl methyl sites for hydroxylation is 2. The van der Waals surface area contributed by atoms with E-state index >= 15 is 0 Å². The Balaban J connectivity index is 2.01. The van der Waals surface area contributed by atoms with Gasteiger partial charge in [0.05, 0.1) is 5.69 Å². The highest BCUT2D eigenvalue weighted by Crippen LogP contribution is 2.01. The van der Waals surface area contributed by atoms with Crippen molar-refractivity contribution in [2.24, 2.45) is 0 Å². The molecule has 0 atom stereocenters. The Hall–Kier alpha value is -1.50. The molecule has 7 nitrogen and oxygen atoms in total. The first-order chi connectivity index (χ1) is 8.83. The molecule has 2 heterocycles. The quantitative estimate of drug-likeness (QED) is 0.698. The highest BCUT2D eigenvalue weighted by molar-refractivity contribution is 6.17. The number of alkyl halides is 1. The topological polar surface area (TPSA) is 74.3 Å². The van der Waals surface area contributed by atoms with Crippen LogP contribution in [0, 0.1) is 0 Å². The summed E-state index contributed by atoms with van der Waals surface area (Å²) < 4.78 is 3.54. The first-order valence-corrected chi connectivity index (χ1v) is 6.57. The van der Waals surface area contributed by atoms with Gasteiger partial charge in [-0.05, 0) is 16.8 Å². The minimum atomic E-state index is 0.534. The maximum absolute atomic E-state index is 5.66. The third kappa shape index (κ3) is 3.25. The van der Waals surface area contributed by atoms with Crippen molar-refractivity contribution in [1.82, 2.24) is 35.2 Å². The van der Waals surface area contributed by atoms with Gasteiger partial charge in [-0.2, -0.15) is 0 Å². The number of aromatic nitrogens is 7. The summed E-state index contributed by atoms with van der Waals surface area (Å²) in [4.78, 5) is 0. The molecule has 0 N–H and O–H groups in total. The molecule has 0 unspecified atom stereocenters. The van der Waals surface area contributed by atoms with E-state index in [0.29, 0.717) is 12.4 Å². The third-order valence-corrected chi connectivity index (χ3v) is 2.76. The summed E-state index contributed by atoms with van der Waals surface area (Å²) >= 11 is 5.66. The molecular weight excluding hydrogens is 254 g/mol. The molecule has 0 aliphatic carbocycles. The van der Waals surface area contributed by atoms with Gasteiger partial charge in [-0.15, -0.1) is 21.8 Å². The fraction of sp³-hybridized carbons (Fsp3) is 0.700. The molecule has 0 aliphatic heterocycles. The summed E-state index contributed by atoms with van der Waals surface area (Å²) in [5, 5.41) is 19.7. The van der Waals surface area contributed by atoms with Crippen LogP contribution in [0.15, 0.2) is 6.20 Å². The molecular formula is C10H16ClN7. The summed E-state index contributed by atoms with van der Waals surface area (Å²) in [6.07, 6.45) is 4.78. The first kappa shape index (κ1) is 12.9. The second-order valence-corrected chi connectivity index (χ2v) is 4.40. The van der Waals surface area contributed by atoms with Crippen molar-refractivity contribution in [3.8, 4) is 0 Å². The van der Waals surface area contributed by atoms with E-state index in [4.69, 9.17) is 11.6 Å². The zero-order chi connectivity index (χ0) is 12.8. The van der Waals surface area contributed by atoms with Crippen LogP contribution in [0.3, 0.4) is 0 Å². The Labute approximate surface area is 110 Å². The minimum absolute atomic E-state index is 0.534. The largest absolute Gasteiger partial charge is 0.245 e. The molecule has 0 amide bonds. The van der Waals surface area contributed by atoms with E-state index < -0.39 is 0 Å². The van der Waals surface area contributed by atoms with Crippen LogP contribution < -0.4 is 0 Å². The molecule has 2 aromatic heterocycles. The molecule has 0 aliphatic rings. The molecule has 0 spiro atoms. The van der Waals surface area contributed by atoms with Crippen molar-refractivity contribution >= 4 is 11.6 Å². The standard InChI is InChI=1S/C10H16ClN7/c1-2-3-6-18-10(13-14-16-18)8-17-7-9(4-5-11)12-15-17/h7H,2-6,8H2,1H3. The molecule has 0 bridgehead atoms. The summed E-state index contributed by atoms with van der Waals surface area (Å²) in [5.41, 5.74) is 0.887. The van der Waals surface area contributed by atoms with E-state index in [1.165, 1.54) is 0 Å². The molecule has 8 heteroatoms. The van der Waals surface area contributed by atoms with E-state index in [2.05, 4.69) is 32.8 Å². The zero-order valence-corrected chi connectivity index (χ0v) is 11.1. The highest BCUT2D eigenvalue weighted by atomic mass is 35.5.